The van der Waals surface area contributed by atoms with Crippen LogP contribution in [0.4, 0.5) is 11.4 Å². The van der Waals surface area contributed by atoms with Crippen LogP contribution in [0.25, 0.3) is 0 Å². The number of aryl methyl sites for hydroxylation is 1. The van der Waals surface area contributed by atoms with Crippen molar-refractivity contribution in [1.29, 1.82) is 0 Å². The number of hydrogen-bond acceptors (Lipinski definition) is 2. The fourth-order valence-electron chi connectivity index (χ4n) is 2.85. The molecule has 1 aromatic carbocycles. The van der Waals surface area contributed by atoms with E-state index >= 15 is 0 Å². The van der Waals surface area contributed by atoms with E-state index in [4.69, 9.17) is 5.73 Å². The summed E-state index contributed by atoms with van der Waals surface area (Å²) in [5, 5.41) is 0. The van der Waals surface area contributed by atoms with Crippen LogP contribution >= 0.6 is 0 Å². The average molecular weight is 232 g/mol. The summed E-state index contributed by atoms with van der Waals surface area (Å²) < 4.78 is 0. The number of nitrogen functional groups attached to an aromatic ring is 1. The minimum absolute atomic E-state index is 0.693. The predicted molar refractivity (Wildman–Crippen MR) is 75.5 cm³/mol. The van der Waals surface area contributed by atoms with Crippen molar-refractivity contribution in [2.24, 2.45) is 0 Å². The van der Waals surface area contributed by atoms with E-state index in [9.17, 15) is 0 Å². The Labute approximate surface area is 105 Å². The van der Waals surface area contributed by atoms with Crippen LogP contribution in [0.1, 0.15) is 44.1 Å². The summed E-state index contributed by atoms with van der Waals surface area (Å²) in [4.78, 5) is 2.44. The predicted octanol–water partition coefficient (Wildman–Crippen LogP) is 3.74. The molecule has 0 unspecified atom stereocenters. The summed E-state index contributed by atoms with van der Waals surface area (Å²) in [6, 6.07) is 6.91. The Kier molecular flexibility index (Phi) is 3.93. The third-order valence-electron chi connectivity index (χ3n) is 3.99. The van der Waals surface area contributed by atoms with Crippen molar-refractivity contribution in [3.8, 4) is 0 Å². The van der Waals surface area contributed by atoms with Gasteiger partial charge in [-0.05, 0) is 37.5 Å². The minimum atomic E-state index is 0.693. The van der Waals surface area contributed by atoms with Crippen LogP contribution in [0, 0.1) is 6.92 Å². The maximum Gasteiger partial charge on any atom is 0.0416 e. The highest BCUT2D eigenvalue weighted by Gasteiger charge is 2.18. The van der Waals surface area contributed by atoms with Gasteiger partial charge < -0.3 is 10.6 Å². The van der Waals surface area contributed by atoms with Crippen LogP contribution in [0.2, 0.25) is 0 Å². The van der Waals surface area contributed by atoms with Gasteiger partial charge >= 0.3 is 0 Å². The largest absolute Gasteiger partial charge is 0.399 e. The second-order valence-corrected chi connectivity index (χ2v) is 5.30. The molecule has 0 heterocycles. The molecule has 1 fully saturated rings. The van der Waals surface area contributed by atoms with Crippen LogP contribution in [0.5, 0.6) is 0 Å². The van der Waals surface area contributed by atoms with Gasteiger partial charge in [-0.2, -0.15) is 0 Å². The second-order valence-electron chi connectivity index (χ2n) is 5.30. The van der Waals surface area contributed by atoms with E-state index in [-0.39, 0.29) is 0 Å². The fourth-order valence-corrected chi connectivity index (χ4v) is 2.85. The first-order chi connectivity index (χ1) is 8.18. The molecular weight excluding hydrogens is 208 g/mol. The van der Waals surface area contributed by atoms with Crippen LogP contribution < -0.4 is 10.6 Å². The van der Waals surface area contributed by atoms with Crippen molar-refractivity contribution in [3.05, 3.63) is 23.8 Å². The molecule has 1 aliphatic rings. The Morgan fingerprint density at radius 3 is 2.41 bits per heavy atom. The summed E-state index contributed by atoms with van der Waals surface area (Å²) in [7, 11) is 2.22. The molecule has 2 N–H and O–H groups in total. The van der Waals surface area contributed by atoms with Gasteiger partial charge in [-0.1, -0.05) is 31.7 Å². The molecule has 1 aromatic rings. The number of benzene rings is 1. The Bertz CT molecular complexity index is 365. The lowest BCUT2D eigenvalue weighted by Crippen LogP contribution is -2.31. The fraction of sp³-hybridized carbons (Fsp3) is 0.600. The quantitative estimate of drug-likeness (QED) is 0.622. The molecule has 2 nitrogen and oxygen atoms in total. The standard InChI is InChI=1S/C15H24N2/c1-12-9-10-13(16)11-15(12)17(2)14-7-5-3-4-6-8-14/h9-11,14H,3-8,16H2,1-2H3. The molecule has 0 atom stereocenters. The normalized spacial score (nSPS) is 17.8. The van der Waals surface area contributed by atoms with Crippen molar-refractivity contribution in [2.75, 3.05) is 17.7 Å². The molecule has 94 valence electrons. The van der Waals surface area contributed by atoms with Crippen LogP contribution in [-0.4, -0.2) is 13.1 Å². The van der Waals surface area contributed by atoms with Gasteiger partial charge in [0.2, 0.25) is 0 Å². The minimum Gasteiger partial charge on any atom is -0.399 e. The third-order valence-corrected chi connectivity index (χ3v) is 3.99. The van der Waals surface area contributed by atoms with Crippen LogP contribution in [0.15, 0.2) is 18.2 Å². The number of rotatable bonds is 2. The van der Waals surface area contributed by atoms with Crippen molar-refractivity contribution >= 4 is 11.4 Å². The lowest BCUT2D eigenvalue weighted by atomic mass is 10.1. The maximum atomic E-state index is 5.90. The SMILES string of the molecule is Cc1ccc(N)cc1N(C)C1CCCCCC1. The van der Waals surface area contributed by atoms with Gasteiger partial charge in [-0.3, -0.25) is 0 Å². The zero-order valence-corrected chi connectivity index (χ0v) is 11.1. The summed E-state index contributed by atoms with van der Waals surface area (Å²) in [5.74, 6) is 0. The van der Waals surface area contributed by atoms with E-state index < -0.39 is 0 Å². The highest BCUT2D eigenvalue weighted by molar-refractivity contribution is 5.61. The van der Waals surface area contributed by atoms with Gasteiger partial charge in [0.05, 0.1) is 0 Å². The van der Waals surface area contributed by atoms with E-state index in [0.29, 0.717) is 6.04 Å². The topological polar surface area (TPSA) is 29.3 Å². The molecular formula is C15H24N2. The molecule has 0 spiro atoms. The first-order valence-corrected chi connectivity index (χ1v) is 6.77. The summed E-state index contributed by atoms with van der Waals surface area (Å²) in [6.07, 6.45) is 8.20. The molecule has 1 saturated carbocycles. The van der Waals surface area contributed by atoms with Gasteiger partial charge in [0, 0.05) is 24.5 Å². The molecule has 1 aliphatic carbocycles. The van der Waals surface area contributed by atoms with Crippen LogP contribution in [0.3, 0.4) is 0 Å². The number of anilines is 2. The van der Waals surface area contributed by atoms with Crippen molar-refractivity contribution in [2.45, 2.75) is 51.5 Å². The highest BCUT2D eigenvalue weighted by atomic mass is 15.1. The van der Waals surface area contributed by atoms with Gasteiger partial charge in [-0.25, -0.2) is 0 Å². The molecule has 2 rings (SSSR count). The van der Waals surface area contributed by atoms with E-state index in [2.05, 4.69) is 31.0 Å². The van der Waals surface area contributed by atoms with Crippen molar-refractivity contribution in [3.63, 3.8) is 0 Å². The first-order valence-electron chi connectivity index (χ1n) is 6.77. The summed E-state index contributed by atoms with van der Waals surface area (Å²) >= 11 is 0. The Morgan fingerprint density at radius 2 is 1.76 bits per heavy atom. The molecule has 0 amide bonds. The molecule has 0 radical (unpaired) electrons. The zero-order valence-electron chi connectivity index (χ0n) is 11.1. The van der Waals surface area contributed by atoms with Gasteiger partial charge in [0.15, 0.2) is 0 Å². The van der Waals surface area contributed by atoms with Gasteiger partial charge in [-0.15, -0.1) is 0 Å². The number of nitrogens with two attached hydrogens (primary N) is 1. The summed E-state index contributed by atoms with van der Waals surface area (Å²) in [5.41, 5.74) is 9.39. The molecule has 0 bridgehead atoms. The maximum absolute atomic E-state index is 5.90. The molecule has 17 heavy (non-hydrogen) atoms. The zero-order chi connectivity index (χ0) is 12.3. The lowest BCUT2D eigenvalue weighted by Gasteiger charge is -2.30. The van der Waals surface area contributed by atoms with Gasteiger partial charge in [0.1, 0.15) is 0 Å². The van der Waals surface area contributed by atoms with Crippen LogP contribution in [-0.2, 0) is 0 Å². The number of hydrogen-bond donors (Lipinski definition) is 1. The van der Waals surface area contributed by atoms with Gasteiger partial charge in [0.25, 0.3) is 0 Å². The van der Waals surface area contributed by atoms with E-state index in [1.54, 1.807) is 0 Å². The van der Waals surface area contributed by atoms with E-state index in [1.807, 2.05) is 6.07 Å². The Morgan fingerprint density at radius 1 is 1.12 bits per heavy atom. The first kappa shape index (κ1) is 12.3. The van der Waals surface area contributed by atoms with Crippen molar-refractivity contribution < 1.29 is 0 Å². The Balaban J connectivity index is 2.16. The smallest absolute Gasteiger partial charge is 0.0416 e. The average Bonchev–Trinajstić information content (AvgIpc) is 2.60. The second kappa shape index (κ2) is 5.44. The third kappa shape index (κ3) is 2.93. The molecule has 0 aromatic heterocycles. The molecule has 0 aliphatic heterocycles. The van der Waals surface area contributed by atoms with Crippen molar-refractivity contribution in [1.82, 2.24) is 0 Å². The summed E-state index contributed by atoms with van der Waals surface area (Å²) in [6.45, 7) is 2.17. The number of nitrogens with zero attached hydrogens (tertiary/aromatic N) is 1. The lowest BCUT2D eigenvalue weighted by molar-refractivity contribution is 0.552. The Hall–Kier alpha value is -1.18. The molecule has 0 saturated heterocycles. The highest BCUT2D eigenvalue weighted by Crippen LogP contribution is 2.28. The molecule has 2 heteroatoms. The monoisotopic (exact) mass is 232 g/mol. The van der Waals surface area contributed by atoms with E-state index in [1.165, 1.54) is 49.8 Å². The van der Waals surface area contributed by atoms with E-state index in [0.717, 1.165) is 5.69 Å².